The number of hydrogen-bond donors (Lipinski definition) is 1. The van der Waals surface area contributed by atoms with Crippen molar-refractivity contribution in [3.63, 3.8) is 0 Å². The van der Waals surface area contributed by atoms with E-state index in [1.54, 1.807) is 29.2 Å². The summed E-state index contributed by atoms with van der Waals surface area (Å²) in [5, 5.41) is 11.9. The number of para-hydroxylation sites is 2. The molecule has 0 radical (unpaired) electrons. The third kappa shape index (κ3) is 3.45. The van der Waals surface area contributed by atoms with Crippen LogP contribution in [0, 0.1) is 17.2 Å². The van der Waals surface area contributed by atoms with Crippen LogP contribution in [0.3, 0.4) is 0 Å². The third-order valence-electron chi connectivity index (χ3n) is 4.65. The van der Waals surface area contributed by atoms with Crippen molar-refractivity contribution in [2.75, 3.05) is 16.8 Å². The molecule has 1 saturated heterocycles. The van der Waals surface area contributed by atoms with Crippen LogP contribution in [0.15, 0.2) is 48.5 Å². The standard InChI is InChI=1S/C21H21N3O2/c1-14(2)17-8-4-6-10-19(17)24-13-16(11-20(24)25)21(26)23-18-9-5-3-7-15(18)12-22/h3-10,14,16H,11,13H2,1-2H3,(H,23,26). The number of benzene rings is 2. The van der Waals surface area contributed by atoms with Gasteiger partial charge in [0.15, 0.2) is 0 Å². The average molecular weight is 347 g/mol. The van der Waals surface area contributed by atoms with E-state index in [-0.39, 0.29) is 24.2 Å². The van der Waals surface area contributed by atoms with Crippen molar-refractivity contribution in [3.8, 4) is 6.07 Å². The minimum atomic E-state index is -0.436. The Labute approximate surface area is 153 Å². The van der Waals surface area contributed by atoms with Crippen molar-refractivity contribution in [3.05, 3.63) is 59.7 Å². The summed E-state index contributed by atoms with van der Waals surface area (Å²) in [7, 11) is 0. The highest BCUT2D eigenvalue weighted by atomic mass is 16.2. The molecule has 1 fully saturated rings. The van der Waals surface area contributed by atoms with Crippen LogP contribution in [-0.4, -0.2) is 18.4 Å². The van der Waals surface area contributed by atoms with Crippen LogP contribution in [0.1, 0.15) is 37.3 Å². The van der Waals surface area contributed by atoms with E-state index in [9.17, 15) is 9.59 Å². The van der Waals surface area contributed by atoms with E-state index >= 15 is 0 Å². The lowest BCUT2D eigenvalue weighted by molar-refractivity contribution is -0.122. The minimum Gasteiger partial charge on any atom is -0.325 e. The highest BCUT2D eigenvalue weighted by Crippen LogP contribution is 2.32. The Morgan fingerprint density at radius 2 is 1.88 bits per heavy atom. The molecule has 0 bridgehead atoms. The van der Waals surface area contributed by atoms with E-state index in [1.807, 2.05) is 24.3 Å². The molecule has 26 heavy (non-hydrogen) atoms. The Bertz CT molecular complexity index is 883. The zero-order valence-corrected chi connectivity index (χ0v) is 14.9. The largest absolute Gasteiger partial charge is 0.325 e. The second-order valence-corrected chi connectivity index (χ2v) is 6.77. The molecule has 1 aliphatic rings. The van der Waals surface area contributed by atoms with Crippen LogP contribution >= 0.6 is 0 Å². The van der Waals surface area contributed by atoms with Crippen molar-refractivity contribution in [2.24, 2.45) is 5.92 Å². The van der Waals surface area contributed by atoms with Crippen LogP contribution in [0.25, 0.3) is 0 Å². The summed E-state index contributed by atoms with van der Waals surface area (Å²) < 4.78 is 0. The number of nitrogens with zero attached hydrogens (tertiary/aromatic N) is 2. The first kappa shape index (κ1) is 17.7. The molecule has 2 aromatic rings. The van der Waals surface area contributed by atoms with Gasteiger partial charge in [0.2, 0.25) is 11.8 Å². The smallest absolute Gasteiger partial charge is 0.229 e. The van der Waals surface area contributed by atoms with Gasteiger partial charge in [-0.05, 0) is 29.7 Å². The molecule has 1 heterocycles. The van der Waals surface area contributed by atoms with Crippen LogP contribution in [0.4, 0.5) is 11.4 Å². The van der Waals surface area contributed by atoms with Crippen molar-refractivity contribution in [2.45, 2.75) is 26.2 Å². The molecule has 0 saturated carbocycles. The fourth-order valence-corrected chi connectivity index (χ4v) is 3.26. The molecule has 2 aromatic carbocycles. The van der Waals surface area contributed by atoms with Gasteiger partial charge < -0.3 is 10.2 Å². The highest BCUT2D eigenvalue weighted by Gasteiger charge is 2.36. The zero-order chi connectivity index (χ0) is 18.7. The SMILES string of the molecule is CC(C)c1ccccc1N1CC(C(=O)Nc2ccccc2C#N)CC1=O. The summed E-state index contributed by atoms with van der Waals surface area (Å²) in [5.74, 6) is -0.429. The zero-order valence-electron chi connectivity index (χ0n) is 14.9. The van der Waals surface area contributed by atoms with Gasteiger partial charge in [-0.15, -0.1) is 0 Å². The molecule has 0 spiro atoms. The van der Waals surface area contributed by atoms with Gasteiger partial charge in [-0.1, -0.05) is 44.2 Å². The van der Waals surface area contributed by atoms with Gasteiger partial charge in [0, 0.05) is 18.7 Å². The maximum atomic E-state index is 12.6. The first-order valence-electron chi connectivity index (χ1n) is 8.70. The lowest BCUT2D eigenvalue weighted by Gasteiger charge is -2.22. The number of rotatable bonds is 4. The van der Waals surface area contributed by atoms with Gasteiger partial charge in [-0.25, -0.2) is 0 Å². The quantitative estimate of drug-likeness (QED) is 0.917. The van der Waals surface area contributed by atoms with E-state index in [0.29, 0.717) is 17.8 Å². The molecule has 132 valence electrons. The molecule has 1 aliphatic heterocycles. The minimum absolute atomic E-state index is 0.0492. The summed E-state index contributed by atoms with van der Waals surface area (Å²) >= 11 is 0. The summed E-state index contributed by atoms with van der Waals surface area (Å²) in [6.45, 7) is 4.52. The van der Waals surface area contributed by atoms with Crippen LogP contribution in [-0.2, 0) is 9.59 Å². The second-order valence-electron chi connectivity index (χ2n) is 6.77. The van der Waals surface area contributed by atoms with Crippen molar-refractivity contribution < 1.29 is 9.59 Å². The van der Waals surface area contributed by atoms with Gasteiger partial charge in [0.25, 0.3) is 0 Å². The Morgan fingerprint density at radius 1 is 1.19 bits per heavy atom. The first-order valence-corrected chi connectivity index (χ1v) is 8.70. The van der Waals surface area contributed by atoms with Gasteiger partial charge in [0.1, 0.15) is 6.07 Å². The summed E-state index contributed by atoms with van der Waals surface area (Å²) in [6.07, 6.45) is 0.174. The fraction of sp³-hybridized carbons (Fsp3) is 0.286. The number of nitrogens with one attached hydrogen (secondary N) is 1. The number of anilines is 2. The summed E-state index contributed by atoms with van der Waals surface area (Å²) in [5.41, 5.74) is 2.86. The van der Waals surface area contributed by atoms with Gasteiger partial charge in [0.05, 0.1) is 17.2 Å². The number of nitriles is 1. The van der Waals surface area contributed by atoms with Gasteiger partial charge in [-0.3, -0.25) is 9.59 Å². The van der Waals surface area contributed by atoms with Crippen molar-refractivity contribution >= 4 is 23.2 Å². The molecule has 0 aromatic heterocycles. The number of amides is 2. The molecule has 5 nitrogen and oxygen atoms in total. The monoisotopic (exact) mass is 347 g/mol. The Hall–Kier alpha value is -3.13. The number of carbonyl (C=O) groups is 2. The number of hydrogen-bond acceptors (Lipinski definition) is 3. The van der Waals surface area contributed by atoms with Crippen molar-refractivity contribution in [1.82, 2.24) is 0 Å². The molecule has 0 aliphatic carbocycles. The molecule has 1 unspecified atom stereocenters. The van der Waals surface area contributed by atoms with Gasteiger partial charge in [-0.2, -0.15) is 5.26 Å². The van der Waals surface area contributed by atoms with E-state index in [4.69, 9.17) is 5.26 Å². The third-order valence-corrected chi connectivity index (χ3v) is 4.65. The highest BCUT2D eigenvalue weighted by molar-refractivity contribution is 6.04. The maximum absolute atomic E-state index is 12.6. The molecular formula is C21H21N3O2. The predicted octanol–water partition coefficient (Wildman–Crippen LogP) is 3.67. The average Bonchev–Trinajstić information content (AvgIpc) is 3.04. The van der Waals surface area contributed by atoms with Crippen LogP contribution < -0.4 is 10.2 Å². The number of carbonyl (C=O) groups excluding carboxylic acids is 2. The Morgan fingerprint density at radius 3 is 2.62 bits per heavy atom. The predicted molar refractivity (Wildman–Crippen MR) is 101 cm³/mol. The molecule has 1 atom stereocenters. The molecular weight excluding hydrogens is 326 g/mol. The van der Waals surface area contributed by atoms with E-state index in [1.165, 1.54) is 0 Å². The first-order chi connectivity index (χ1) is 12.5. The van der Waals surface area contributed by atoms with Crippen molar-refractivity contribution in [1.29, 1.82) is 5.26 Å². The maximum Gasteiger partial charge on any atom is 0.229 e. The normalized spacial score (nSPS) is 16.6. The second kappa shape index (κ2) is 7.40. The van der Waals surface area contributed by atoms with E-state index in [2.05, 4.69) is 25.2 Å². The van der Waals surface area contributed by atoms with Crippen LogP contribution in [0.5, 0.6) is 0 Å². The Kier molecular flexibility index (Phi) is 5.04. The molecule has 3 rings (SSSR count). The molecule has 1 N–H and O–H groups in total. The van der Waals surface area contributed by atoms with Crippen LogP contribution in [0.2, 0.25) is 0 Å². The van der Waals surface area contributed by atoms with Gasteiger partial charge >= 0.3 is 0 Å². The Balaban J connectivity index is 1.78. The fourth-order valence-electron chi connectivity index (χ4n) is 3.26. The summed E-state index contributed by atoms with van der Waals surface area (Å²) in [4.78, 5) is 26.9. The topological polar surface area (TPSA) is 73.2 Å². The summed E-state index contributed by atoms with van der Waals surface area (Å²) in [6, 6.07) is 16.7. The molecule has 2 amide bonds. The lowest BCUT2D eigenvalue weighted by atomic mass is 10.0. The van der Waals surface area contributed by atoms with E-state index in [0.717, 1.165) is 11.3 Å². The molecule has 5 heteroatoms. The van der Waals surface area contributed by atoms with E-state index < -0.39 is 5.92 Å². The lowest BCUT2D eigenvalue weighted by Crippen LogP contribution is -2.29.